The van der Waals surface area contributed by atoms with Crippen LogP contribution in [0, 0.1) is 5.82 Å². The van der Waals surface area contributed by atoms with Gasteiger partial charge in [0.25, 0.3) is 0 Å². The number of rotatable bonds is 2. The Labute approximate surface area is 165 Å². The predicted octanol–water partition coefficient (Wildman–Crippen LogP) is 4.30. The van der Waals surface area contributed by atoms with E-state index in [2.05, 4.69) is 20.3 Å². The molecule has 1 aliphatic rings. The SMILES string of the molecule is CSN1CCc2c(c(-c3cn[nH]c3C(F)(F)F)nc3c(F)cc4[nH]ncc4c23)C1. The first-order chi connectivity index (χ1) is 13.9. The average molecular weight is 422 g/mol. The highest BCUT2D eigenvalue weighted by Crippen LogP contribution is 2.42. The van der Waals surface area contributed by atoms with E-state index in [9.17, 15) is 17.6 Å². The van der Waals surface area contributed by atoms with Crippen molar-refractivity contribution in [1.82, 2.24) is 29.7 Å². The Bertz CT molecular complexity index is 1240. The molecule has 0 atom stereocenters. The van der Waals surface area contributed by atoms with Crippen molar-refractivity contribution in [2.75, 3.05) is 12.8 Å². The van der Waals surface area contributed by atoms with E-state index >= 15 is 0 Å². The molecule has 0 bridgehead atoms. The lowest BCUT2D eigenvalue weighted by molar-refractivity contribution is -0.140. The number of alkyl halides is 3. The molecule has 29 heavy (non-hydrogen) atoms. The van der Waals surface area contributed by atoms with E-state index in [1.807, 2.05) is 15.7 Å². The van der Waals surface area contributed by atoms with Crippen LogP contribution in [0.3, 0.4) is 0 Å². The van der Waals surface area contributed by atoms with Crippen molar-refractivity contribution in [3.8, 4) is 11.3 Å². The number of nitrogens with zero attached hydrogens (tertiary/aromatic N) is 4. The molecule has 0 radical (unpaired) electrons. The van der Waals surface area contributed by atoms with Gasteiger partial charge in [0.05, 0.1) is 29.2 Å². The van der Waals surface area contributed by atoms with E-state index in [-0.39, 0.29) is 16.8 Å². The minimum Gasteiger partial charge on any atom is -0.278 e. The summed E-state index contributed by atoms with van der Waals surface area (Å²) in [4.78, 5) is 4.39. The van der Waals surface area contributed by atoms with E-state index in [1.165, 1.54) is 18.0 Å². The molecule has 3 aromatic heterocycles. The Morgan fingerprint density at radius 3 is 2.69 bits per heavy atom. The molecule has 4 aromatic rings. The summed E-state index contributed by atoms with van der Waals surface area (Å²) in [6.45, 7) is 1.09. The summed E-state index contributed by atoms with van der Waals surface area (Å²) in [6, 6.07) is 1.27. The van der Waals surface area contributed by atoms with Gasteiger partial charge in [-0.2, -0.15) is 23.4 Å². The van der Waals surface area contributed by atoms with Gasteiger partial charge >= 0.3 is 6.18 Å². The molecule has 2 N–H and O–H groups in total. The van der Waals surface area contributed by atoms with Crippen molar-refractivity contribution in [3.05, 3.63) is 41.1 Å². The van der Waals surface area contributed by atoms with Crippen molar-refractivity contribution >= 4 is 33.8 Å². The minimum absolute atomic E-state index is 0.0413. The fourth-order valence-corrected chi connectivity index (χ4v) is 4.47. The molecule has 0 spiro atoms. The van der Waals surface area contributed by atoms with Gasteiger partial charge in [0.15, 0.2) is 5.82 Å². The van der Waals surface area contributed by atoms with E-state index in [1.54, 1.807) is 6.20 Å². The second kappa shape index (κ2) is 6.42. The fourth-order valence-electron chi connectivity index (χ4n) is 3.93. The summed E-state index contributed by atoms with van der Waals surface area (Å²) in [5.41, 5.74) is 0.962. The number of aromatic nitrogens is 5. The highest BCUT2D eigenvalue weighted by molar-refractivity contribution is 7.96. The summed E-state index contributed by atoms with van der Waals surface area (Å²) in [5.74, 6) is -0.606. The van der Waals surface area contributed by atoms with E-state index in [0.29, 0.717) is 41.4 Å². The lowest BCUT2D eigenvalue weighted by Gasteiger charge is -2.29. The van der Waals surface area contributed by atoms with Crippen LogP contribution in [0.15, 0.2) is 18.5 Å². The predicted molar refractivity (Wildman–Crippen MR) is 102 cm³/mol. The molecule has 6 nitrogen and oxygen atoms in total. The first kappa shape index (κ1) is 18.4. The van der Waals surface area contributed by atoms with Crippen LogP contribution in [-0.2, 0) is 19.1 Å². The number of pyridine rings is 1. The third-order valence-electron chi connectivity index (χ3n) is 5.23. The van der Waals surface area contributed by atoms with Crippen LogP contribution < -0.4 is 0 Å². The highest BCUT2D eigenvalue weighted by Gasteiger charge is 2.38. The number of benzene rings is 1. The number of hydrogen-bond donors (Lipinski definition) is 2. The van der Waals surface area contributed by atoms with Crippen LogP contribution in [0.25, 0.3) is 33.1 Å². The molecule has 1 aromatic carbocycles. The standard InChI is InChI=1S/C18H14F4N6S/c1-29-28-3-2-8-11(7-28)15(10-6-24-27-17(10)18(20,21)22)25-16-12(19)4-13-9(14(8)16)5-23-26-13/h4-6H,2-3,7H2,1H3,(H,23,26)(H,24,27). The maximum absolute atomic E-state index is 14.9. The average Bonchev–Trinajstić information content (AvgIpc) is 3.35. The third kappa shape index (κ3) is 2.79. The van der Waals surface area contributed by atoms with Crippen molar-refractivity contribution < 1.29 is 17.6 Å². The first-order valence-electron chi connectivity index (χ1n) is 8.75. The van der Waals surface area contributed by atoms with Crippen LogP contribution in [0.2, 0.25) is 0 Å². The van der Waals surface area contributed by atoms with Crippen molar-refractivity contribution in [3.63, 3.8) is 0 Å². The van der Waals surface area contributed by atoms with Gasteiger partial charge in [-0.25, -0.2) is 13.7 Å². The molecule has 0 fully saturated rings. The van der Waals surface area contributed by atoms with Crippen molar-refractivity contribution in [1.29, 1.82) is 0 Å². The smallest absolute Gasteiger partial charge is 0.278 e. The van der Waals surface area contributed by atoms with Gasteiger partial charge in [-0.1, -0.05) is 11.9 Å². The number of halogens is 4. The summed E-state index contributed by atoms with van der Waals surface area (Å²) in [6.07, 6.45) is 0.537. The number of H-pyrrole nitrogens is 2. The van der Waals surface area contributed by atoms with Crippen molar-refractivity contribution in [2.24, 2.45) is 0 Å². The topological polar surface area (TPSA) is 73.5 Å². The molecule has 1 aliphatic heterocycles. The van der Waals surface area contributed by atoms with Gasteiger partial charge in [0.1, 0.15) is 11.2 Å². The van der Waals surface area contributed by atoms with Crippen LogP contribution in [0.5, 0.6) is 0 Å². The minimum atomic E-state index is -4.63. The lowest BCUT2D eigenvalue weighted by atomic mass is 9.91. The molecule has 4 heterocycles. The van der Waals surface area contributed by atoms with Gasteiger partial charge in [-0.05, 0) is 23.8 Å². The first-order valence-corrected chi connectivity index (χ1v) is 9.93. The number of nitrogens with one attached hydrogen (secondary N) is 2. The van der Waals surface area contributed by atoms with Gasteiger partial charge in [0, 0.05) is 29.9 Å². The molecular formula is C18H14F4N6S. The monoisotopic (exact) mass is 422 g/mol. The molecule has 150 valence electrons. The molecule has 0 unspecified atom stereocenters. The normalized spacial score (nSPS) is 15.3. The highest BCUT2D eigenvalue weighted by atomic mass is 32.2. The second-order valence-corrected chi connectivity index (χ2v) is 7.66. The largest absolute Gasteiger partial charge is 0.433 e. The molecule has 0 amide bonds. The summed E-state index contributed by atoms with van der Waals surface area (Å²) in [7, 11) is 0. The summed E-state index contributed by atoms with van der Waals surface area (Å²) >= 11 is 1.51. The zero-order chi connectivity index (χ0) is 20.3. The maximum atomic E-state index is 14.9. The van der Waals surface area contributed by atoms with E-state index < -0.39 is 17.7 Å². The van der Waals surface area contributed by atoms with Gasteiger partial charge < -0.3 is 0 Å². The van der Waals surface area contributed by atoms with Gasteiger partial charge in [0.2, 0.25) is 0 Å². The number of fused-ring (bicyclic) bond motifs is 5. The summed E-state index contributed by atoms with van der Waals surface area (Å²) in [5, 5.41) is 13.7. The van der Waals surface area contributed by atoms with Crippen LogP contribution in [0.1, 0.15) is 16.8 Å². The number of hydrogen-bond acceptors (Lipinski definition) is 5. The Balaban J connectivity index is 1.89. The Kier molecular flexibility index (Phi) is 4.07. The number of aromatic amines is 2. The molecular weight excluding hydrogens is 408 g/mol. The summed E-state index contributed by atoms with van der Waals surface area (Å²) < 4.78 is 57.4. The van der Waals surface area contributed by atoms with Crippen LogP contribution in [-0.4, -0.2) is 42.5 Å². The maximum Gasteiger partial charge on any atom is 0.433 e. The molecule has 0 aliphatic carbocycles. The van der Waals surface area contributed by atoms with Crippen LogP contribution in [0.4, 0.5) is 17.6 Å². The Morgan fingerprint density at radius 2 is 1.93 bits per heavy atom. The lowest BCUT2D eigenvalue weighted by Crippen LogP contribution is -2.26. The molecule has 11 heteroatoms. The quantitative estimate of drug-likeness (QED) is 0.372. The van der Waals surface area contributed by atoms with Gasteiger partial charge in [-0.3, -0.25) is 10.2 Å². The third-order valence-corrected chi connectivity index (χ3v) is 6.06. The fraction of sp³-hybridized carbons (Fsp3) is 0.278. The van der Waals surface area contributed by atoms with E-state index in [4.69, 9.17) is 0 Å². The second-order valence-electron chi connectivity index (χ2n) is 6.78. The van der Waals surface area contributed by atoms with Crippen molar-refractivity contribution in [2.45, 2.75) is 19.1 Å². The molecule has 0 saturated carbocycles. The van der Waals surface area contributed by atoms with E-state index in [0.717, 1.165) is 11.8 Å². The Hall–Kier alpha value is -2.66. The van der Waals surface area contributed by atoms with Gasteiger partial charge in [-0.15, -0.1) is 0 Å². The Morgan fingerprint density at radius 1 is 1.14 bits per heavy atom. The molecule has 5 rings (SSSR count). The zero-order valence-corrected chi connectivity index (χ0v) is 15.9. The van der Waals surface area contributed by atoms with Crippen LogP contribution >= 0.6 is 11.9 Å². The molecule has 0 saturated heterocycles. The zero-order valence-electron chi connectivity index (χ0n) is 15.1.